The van der Waals surface area contributed by atoms with Gasteiger partial charge >= 0.3 is 0 Å². The molecule has 0 aliphatic heterocycles. The maximum atomic E-state index is 3.45. The summed E-state index contributed by atoms with van der Waals surface area (Å²) in [6.45, 7) is 16.4. The number of thiophene rings is 1. The SMILES string of the molecule is CC.CC.Cc1ccc(C)c(Br)c1.Cc1csc(C)c1. The Morgan fingerprint density at radius 3 is 1.60 bits per heavy atom. The second-order valence-corrected chi connectivity index (χ2v) is 5.96. The number of benzene rings is 1. The number of aryl methyl sites for hydroxylation is 4. The van der Waals surface area contributed by atoms with Crippen molar-refractivity contribution in [3.05, 3.63) is 55.7 Å². The predicted molar refractivity (Wildman–Crippen MR) is 100 cm³/mol. The lowest BCUT2D eigenvalue weighted by Crippen LogP contribution is -1.75. The van der Waals surface area contributed by atoms with Crippen LogP contribution in [0, 0.1) is 27.7 Å². The highest BCUT2D eigenvalue weighted by atomic mass is 79.9. The van der Waals surface area contributed by atoms with Gasteiger partial charge in [0.1, 0.15) is 0 Å². The molecule has 0 atom stereocenters. The molecule has 0 bridgehead atoms. The van der Waals surface area contributed by atoms with Crippen molar-refractivity contribution in [2.75, 3.05) is 0 Å². The Hall–Kier alpha value is -0.600. The van der Waals surface area contributed by atoms with E-state index in [1.165, 1.54) is 26.0 Å². The normalized spacial score (nSPS) is 8.25. The zero-order valence-electron chi connectivity index (χ0n) is 14.2. The minimum Gasteiger partial charge on any atom is -0.149 e. The van der Waals surface area contributed by atoms with Gasteiger partial charge in [-0.15, -0.1) is 11.3 Å². The van der Waals surface area contributed by atoms with Crippen LogP contribution in [0.1, 0.15) is 49.3 Å². The number of halogens is 1. The maximum absolute atomic E-state index is 3.45. The molecule has 0 spiro atoms. The summed E-state index contributed by atoms with van der Waals surface area (Å²) in [5.74, 6) is 0. The molecule has 1 heterocycles. The van der Waals surface area contributed by atoms with Crippen LogP contribution >= 0.6 is 27.3 Å². The minimum absolute atomic E-state index is 1.20. The van der Waals surface area contributed by atoms with Crippen LogP contribution in [0.4, 0.5) is 0 Å². The molecule has 0 fully saturated rings. The Balaban J connectivity index is 0. The molecule has 0 N–H and O–H groups in total. The van der Waals surface area contributed by atoms with Crippen LogP contribution in [-0.4, -0.2) is 0 Å². The molecule has 0 amide bonds. The molecule has 0 saturated heterocycles. The first-order valence-electron chi connectivity index (χ1n) is 7.23. The third-order valence-corrected chi connectivity index (χ3v) is 4.02. The lowest BCUT2D eigenvalue weighted by Gasteiger charge is -1.96. The monoisotopic (exact) mass is 356 g/mol. The van der Waals surface area contributed by atoms with Crippen molar-refractivity contribution in [1.82, 2.24) is 0 Å². The summed E-state index contributed by atoms with van der Waals surface area (Å²) in [5.41, 5.74) is 3.97. The third-order valence-electron chi connectivity index (χ3n) is 2.19. The van der Waals surface area contributed by atoms with Crippen LogP contribution in [0.2, 0.25) is 0 Å². The van der Waals surface area contributed by atoms with E-state index in [0.717, 1.165) is 0 Å². The highest BCUT2D eigenvalue weighted by Gasteiger charge is 1.90. The van der Waals surface area contributed by atoms with Crippen LogP contribution in [-0.2, 0) is 0 Å². The van der Waals surface area contributed by atoms with Crippen molar-refractivity contribution in [2.24, 2.45) is 0 Å². The summed E-state index contributed by atoms with van der Waals surface area (Å²) in [7, 11) is 0. The predicted octanol–water partition coefficient (Wildman–Crippen LogP) is 7.48. The third kappa shape index (κ3) is 10.2. The van der Waals surface area contributed by atoms with E-state index in [4.69, 9.17) is 0 Å². The molecule has 2 heteroatoms. The molecule has 0 saturated carbocycles. The Labute approximate surface area is 138 Å². The first-order valence-corrected chi connectivity index (χ1v) is 8.91. The lowest BCUT2D eigenvalue weighted by molar-refractivity contribution is 1.37. The summed E-state index contributed by atoms with van der Waals surface area (Å²) < 4.78 is 1.20. The zero-order chi connectivity index (χ0) is 16.1. The van der Waals surface area contributed by atoms with E-state index in [9.17, 15) is 0 Å². The van der Waals surface area contributed by atoms with Crippen LogP contribution in [0.5, 0.6) is 0 Å². The molecular weight excluding hydrogens is 328 g/mol. The second kappa shape index (κ2) is 13.4. The first-order chi connectivity index (χ1) is 9.49. The van der Waals surface area contributed by atoms with Gasteiger partial charge < -0.3 is 0 Å². The van der Waals surface area contributed by atoms with E-state index >= 15 is 0 Å². The van der Waals surface area contributed by atoms with E-state index in [-0.39, 0.29) is 0 Å². The Morgan fingerprint density at radius 1 is 0.800 bits per heavy atom. The quantitative estimate of drug-likeness (QED) is 0.458. The van der Waals surface area contributed by atoms with Crippen molar-refractivity contribution in [3.63, 3.8) is 0 Å². The van der Waals surface area contributed by atoms with Gasteiger partial charge in [0.25, 0.3) is 0 Å². The largest absolute Gasteiger partial charge is 0.149 e. The van der Waals surface area contributed by atoms with Crippen molar-refractivity contribution < 1.29 is 0 Å². The van der Waals surface area contributed by atoms with Crippen molar-refractivity contribution in [2.45, 2.75) is 55.4 Å². The Morgan fingerprint density at radius 2 is 1.35 bits per heavy atom. The van der Waals surface area contributed by atoms with Crippen LogP contribution in [0.15, 0.2) is 34.1 Å². The molecule has 1 aromatic heterocycles. The average Bonchev–Trinajstić information content (AvgIpc) is 2.83. The molecule has 0 unspecified atom stereocenters. The Kier molecular flexibility index (Phi) is 14.5. The number of rotatable bonds is 0. The lowest BCUT2D eigenvalue weighted by atomic mass is 10.2. The van der Waals surface area contributed by atoms with Gasteiger partial charge in [-0.25, -0.2) is 0 Å². The highest BCUT2D eigenvalue weighted by molar-refractivity contribution is 9.10. The van der Waals surface area contributed by atoms with Gasteiger partial charge in [-0.05, 0) is 61.9 Å². The first kappa shape index (κ1) is 21.7. The van der Waals surface area contributed by atoms with E-state index in [1.54, 1.807) is 11.3 Å². The number of hydrogen-bond acceptors (Lipinski definition) is 1. The van der Waals surface area contributed by atoms with Gasteiger partial charge in [-0.1, -0.05) is 55.8 Å². The van der Waals surface area contributed by atoms with Crippen LogP contribution in [0.25, 0.3) is 0 Å². The molecule has 0 aliphatic carbocycles. The summed E-state index contributed by atoms with van der Waals surface area (Å²) in [6, 6.07) is 8.53. The molecule has 0 aliphatic rings. The fourth-order valence-corrected chi connectivity index (χ4v) is 2.46. The standard InChI is InChI=1S/C8H9Br.C6H8S.2C2H6/c1-6-3-4-7(2)8(9)5-6;1-5-3-6(2)7-4-5;2*1-2/h3-5H,1-2H3;3-4H,1-2H3;2*1-2H3. The fraction of sp³-hybridized carbons (Fsp3) is 0.444. The van der Waals surface area contributed by atoms with Gasteiger partial charge in [-0.3, -0.25) is 0 Å². The van der Waals surface area contributed by atoms with E-state index < -0.39 is 0 Å². The van der Waals surface area contributed by atoms with Crippen molar-refractivity contribution in [3.8, 4) is 0 Å². The molecule has 0 nitrogen and oxygen atoms in total. The van der Waals surface area contributed by atoms with Gasteiger partial charge in [0.2, 0.25) is 0 Å². The molecule has 1 aromatic carbocycles. The molecular formula is C18H29BrS. The molecule has 0 radical (unpaired) electrons. The highest BCUT2D eigenvalue weighted by Crippen LogP contribution is 2.16. The van der Waals surface area contributed by atoms with Crippen LogP contribution < -0.4 is 0 Å². The van der Waals surface area contributed by atoms with Crippen molar-refractivity contribution in [1.29, 1.82) is 0 Å². The summed E-state index contributed by atoms with van der Waals surface area (Å²) >= 11 is 5.25. The number of hydrogen-bond donors (Lipinski definition) is 0. The van der Waals surface area contributed by atoms with Crippen LogP contribution in [0.3, 0.4) is 0 Å². The maximum Gasteiger partial charge on any atom is 0.0207 e. The second-order valence-electron chi connectivity index (χ2n) is 3.99. The van der Waals surface area contributed by atoms with Gasteiger partial charge in [0, 0.05) is 9.35 Å². The van der Waals surface area contributed by atoms with E-state index in [2.05, 4.69) is 73.3 Å². The topological polar surface area (TPSA) is 0 Å². The van der Waals surface area contributed by atoms with Gasteiger partial charge in [0.15, 0.2) is 0 Å². The fourth-order valence-electron chi connectivity index (χ4n) is 1.27. The Bertz CT molecular complexity index is 442. The van der Waals surface area contributed by atoms with Gasteiger partial charge in [-0.2, -0.15) is 0 Å². The summed E-state index contributed by atoms with van der Waals surface area (Å²) in [4.78, 5) is 1.40. The molecule has 2 aromatic rings. The van der Waals surface area contributed by atoms with E-state index in [1.807, 2.05) is 27.7 Å². The van der Waals surface area contributed by atoms with Crippen molar-refractivity contribution >= 4 is 27.3 Å². The molecule has 2 rings (SSSR count). The van der Waals surface area contributed by atoms with E-state index in [0.29, 0.717) is 0 Å². The minimum atomic E-state index is 1.20. The summed E-state index contributed by atoms with van der Waals surface area (Å²) in [6.07, 6.45) is 0. The molecule has 20 heavy (non-hydrogen) atoms. The average molecular weight is 357 g/mol. The zero-order valence-corrected chi connectivity index (χ0v) is 16.6. The van der Waals surface area contributed by atoms with Gasteiger partial charge in [0.05, 0.1) is 0 Å². The smallest absolute Gasteiger partial charge is 0.0207 e. The summed E-state index contributed by atoms with van der Waals surface area (Å²) in [5, 5.41) is 2.16. The molecule has 114 valence electrons.